The van der Waals surface area contributed by atoms with E-state index in [9.17, 15) is 0 Å². The maximum Gasteiger partial charge on any atom is 0.0966 e. The molecule has 5 heteroatoms. The Morgan fingerprint density at radius 3 is 3.12 bits per heavy atom. The molecular formula is C11H21N5. The van der Waals surface area contributed by atoms with E-state index in [2.05, 4.69) is 26.7 Å². The van der Waals surface area contributed by atoms with Gasteiger partial charge in [-0.3, -0.25) is 4.68 Å². The third-order valence-corrected chi connectivity index (χ3v) is 2.91. The first-order valence-electron chi connectivity index (χ1n) is 5.98. The van der Waals surface area contributed by atoms with Crippen molar-refractivity contribution in [2.45, 2.75) is 25.9 Å². The Hall–Kier alpha value is -0.940. The van der Waals surface area contributed by atoms with Gasteiger partial charge in [0.25, 0.3) is 0 Å². The van der Waals surface area contributed by atoms with E-state index in [1.807, 2.05) is 18.8 Å². The van der Waals surface area contributed by atoms with Crippen molar-refractivity contribution in [2.75, 3.05) is 27.2 Å². The predicted molar refractivity (Wildman–Crippen MR) is 63.0 cm³/mol. The number of nitrogens with zero attached hydrogens (tertiary/aromatic N) is 4. The summed E-state index contributed by atoms with van der Waals surface area (Å²) < 4.78 is 1.98. The molecule has 90 valence electrons. The van der Waals surface area contributed by atoms with Crippen LogP contribution in [0.2, 0.25) is 0 Å². The third-order valence-electron chi connectivity index (χ3n) is 2.91. The van der Waals surface area contributed by atoms with Crippen LogP contribution in [-0.2, 0) is 13.1 Å². The lowest BCUT2D eigenvalue weighted by atomic mass is 10.00. The van der Waals surface area contributed by atoms with E-state index in [0.717, 1.165) is 25.3 Å². The highest BCUT2D eigenvalue weighted by Crippen LogP contribution is 2.12. The zero-order valence-electron chi connectivity index (χ0n) is 10.2. The first-order chi connectivity index (χ1) is 7.74. The zero-order valence-corrected chi connectivity index (χ0v) is 10.2. The van der Waals surface area contributed by atoms with Crippen molar-refractivity contribution in [3.05, 3.63) is 11.9 Å². The number of hydrogen-bond donors (Lipinski definition) is 1. The maximum absolute atomic E-state index is 4.18. The summed E-state index contributed by atoms with van der Waals surface area (Å²) in [4.78, 5) is 2.11. The van der Waals surface area contributed by atoms with Crippen LogP contribution in [0.3, 0.4) is 0 Å². The molecule has 1 aromatic rings. The monoisotopic (exact) mass is 223 g/mol. The quantitative estimate of drug-likeness (QED) is 0.799. The van der Waals surface area contributed by atoms with Crippen molar-refractivity contribution >= 4 is 0 Å². The Morgan fingerprint density at radius 1 is 1.56 bits per heavy atom. The Kier molecular flexibility index (Phi) is 3.90. The molecule has 1 aromatic heterocycles. The molecule has 0 radical (unpaired) electrons. The minimum absolute atomic E-state index is 0.711. The van der Waals surface area contributed by atoms with Crippen molar-refractivity contribution in [1.29, 1.82) is 0 Å². The predicted octanol–water partition coefficient (Wildman–Crippen LogP) is 0.339. The molecule has 5 nitrogen and oxygen atoms in total. The van der Waals surface area contributed by atoms with Crippen molar-refractivity contribution in [3.8, 4) is 0 Å². The Labute approximate surface area is 96.8 Å². The fraction of sp³-hybridized carbons (Fsp3) is 0.818. The van der Waals surface area contributed by atoms with Gasteiger partial charge in [-0.1, -0.05) is 5.21 Å². The Bertz CT molecular complexity index is 314. The molecule has 1 aliphatic heterocycles. The minimum atomic E-state index is 0.711. The first-order valence-corrected chi connectivity index (χ1v) is 5.98. The summed E-state index contributed by atoms with van der Waals surface area (Å²) in [6.45, 7) is 4.14. The van der Waals surface area contributed by atoms with Gasteiger partial charge in [-0.2, -0.15) is 0 Å². The van der Waals surface area contributed by atoms with Crippen molar-refractivity contribution in [2.24, 2.45) is 5.92 Å². The fourth-order valence-corrected chi connectivity index (χ4v) is 2.17. The summed E-state index contributed by atoms with van der Waals surface area (Å²) in [6.07, 6.45) is 4.65. The second-order valence-electron chi connectivity index (χ2n) is 4.88. The van der Waals surface area contributed by atoms with E-state index in [4.69, 9.17) is 0 Å². The lowest BCUT2D eigenvalue weighted by molar-refractivity contribution is 0.322. The second-order valence-corrected chi connectivity index (χ2v) is 4.88. The third kappa shape index (κ3) is 3.28. The van der Waals surface area contributed by atoms with Gasteiger partial charge >= 0.3 is 0 Å². The van der Waals surface area contributed by atoms with Crippen LogP contribution in [0.1, 0.15) is 18.5 Å². The zero-order chi connectivity index (χ0) is 11.4. The van der Waals surface area contributed by atoms with Gasteiger partial charge in [-0.05, 0) is 45.9 Å². The summed E-state index contributed by atoms with van der Waals surface area (Å²) in [5.74, 6) is 0.711. The molecule has 16 heavy (non-hydrogen) atoms. The average Bonchev–Trinajstić information content (AvgIpc) is 2.66. The molecule has 0 aliphatic carbocycles. The standard InChI is InChI=1S/C11H21N5/c1-15(2)8-11-9-16(14-13-11)7-10-4-3-5-12-6-10/h9-10,12H,3-8H2,1-2H3. The highest BCUT2D eigenvalue weighted by Gasteiger charge is 2.14. The lowest BCUT2D eigenvalue weighted by Crippen LogP contribution is -2.32. The Morgan fingerprint density at radius 2 is 2.44 bits per heavy atom. The summed E-state index contributed by atoms with van der Waals surface area (Å²) in [7, 11) is 4.09. The molecule has 0 aromatic carbocycles. The molecule has 0 spiro atoms. The van der Waals surface area contributed by atoms with Gasteiger partial charge in [0.05, 0.1) is 5.69 Å². The van der Waals surface area contributed by atoms with Crippen molar-refractivity contribution in [1.82, 2.24) is 25.2 Å². The van der Waals surface area contributed by atoms with Gasteiger partial charge in [0.15, 0.2) is 0 Å². The van der Waals surface area contributed by atoms with E-state index in [0.29, 0.717) is 5.92 Å². The minimum Gasteiger partial charge on any atom is -0.316 e. The fourth-order valence-electron chi connectivity index (χ4n) is 2.17. The molecular weight excluding hydrogens is 202 g/mol. The highest BCUT2D eigenvalue weighted by molar-refractivity contribution is 4.91. The summed E-state index contributed by atoms with van der Waals surface area (Å²) >= 11 is 0. The molecule has 0 bridgehead atoms. The van der Waals surface area contributed by atoms with Crippen LogP contribution in [0.4, 0.5) is 0 Å². The maximum atomic E-state index is 4.18. The highest BCUT2D eigenvalue weighted by atomic mass is 15.4. The van der Waals surface area contributed by atoms with Crippen LogP contribution in [0.15, 0.2) is 6.20 Å². The molecule has 2 heterocycles. The molecule has 0 amide bonds. The summed E-state index contributed by atoms with van der Waals surface area (Å²) in [6, 6.07) is 0. The molecule has 0 saturated carbocycles. The SMILES string of the molecule is CN(C)Cc1cn(CC2CCCNC2)nn1. The van der Waals surface area contributed by atoms with Gasteiger partial charge in [-0.15, -0.1) is 5.10 Å². The molecule has 1 unspecified atom stereocenters. The van der Waals surface area contributed by atoms with Crippen LogP contribution >= 0.6 is 0 Å². The van der Waals surface area contributed by atoms with Crippen LogP contribution in [0, 0.1) is 5.92 Å². The van der Waals surface area contributed by atoms with Crippen molar-refractivity contribution < 1.29 is 0 Å². The molecule has 1 fully saturated rings. The molecule has 1 atom stereocenters. The van der Waals surface area contributed by atoms with Crippen LogP contribution in [-0.4, -0.2) is 47.1 Å². The Balaban J connectivity index is 1.86. The van der Waals surface area contributed by atoms with Gasteiger partial charge in [0.2, 0.25) is 0 Å². The lowest BCUT2D eigenvalue weighted by Gasteiger charge is -2.22. The van der Waals surface area contributed by atoms with E-state index >= 15 is 0 Å². The van der Waals surface area contributed by atoms with E-state index < -0.39 is 0 Å². The molecule has 1 aliphatic rings. The number of aromatic nitrogens is 3. The van der Waals surface area contributed by atoms with Gasteiger partial charge in [0, 0.05) is 19.3 Å². The van der Waals surface area contributed by atoms with Crippen molar-refractivity contribution in [3.63, 3.8) is 0 Å². The van der Waals surface area contributed by atoms with Crippen LogP contribution in [0.25, 0.3) is 0 Å². The van der Waals surface area contributed by atoms with Gasteiger partial charge < -0.3 is 10.2 Å². The number of hydrogen-bond acceptors (Lipinski definition) is 4. The van der Waals surface area contributed by atoms with E-state index in [1.165, 1.54) is 19.4 Å². The van der Waals surface area contributed by atoms with Crippen LogP contribution in [0.5, 0.6) is 0 Å². The summed E-state index contributed by atoms with van der Waals surface area (Å²) in [5.41, 5.74) is 1.05. The summed E-state index contributed by atoms with van der Waals surface area (Å²) in [5, 5.41) is 11.8. The van der Waals surface area contributed by atoms with E-state index in [-0.39, 0.29) is 0 Å². The first kappa shape index (κ1) is 11.5. The normalized spacial score (nSPS) is 21.6. The number of rotatable bonds is 4. The number of piperidine rings is 1. The topological polar surface area (TPSA) is 46.0 Å². The second kappa shape index (κ2) is 5.41. The largest absolute Gasteiger partial charge is 0.316 e. The number of nitrogens with one attached hydrogen (secondary N) is 1. The van der Waals surface area contributed by atoms with E-state index in [1.54, 1.807) is 0 Å². The molecule has 2 rings (SSSR count). The average molecular weight is 223 g/mol. The van der Waals surface area contributed by atoms with Gasteiger partial charge in [-0.25, -0.2) is 0 Å². The molecule has 1 saturated heterocycles. The van der Waals surface area contributed by atoms with Crippen LogP contribution < -0.4 is 5.32 Å². The molecule has 1 N–H and O–H groups in total. The smallest absolute Gasteiger partial charge is 0.0966 e. The van der Waals surface area contributed by atoms with Gasteiger partial charge in [0.1, 0.15) is 0 Å².